The number of hydrogen-bond donors (Lipinski definition) is 1. The minimum Gasteiger partial charge on any atom is -0.487 e. The van der Waals surface area contributed by atoms with Crippen LogP contribution in [0.2, 0.25) is 0 Å². The second kappa shape index (κ2) is 11.7. The molecule has 2 aromatic carbocycles. The van der Waals surface area contributed by atoms with Gasteiger partial charge in [-0.25, -0.2) is 4.79 Å². The molecule has 0 atom stereocenters. The fraction of sp³-hybridized carbons (Fsp3) is 0.387. The van der Waals surface area contributed by atoms with Crippen LogP contribution in [-0.2, 0) is 11.2 Å². The number of anilines is 1. The van der Waals surface area contributed by atoms with Gasteiger partial charge >= 0.3 is 6.09 Å². The van der Waals surface area contributed by atoms with Gasteiger partial charge in [0.25, 0.3) is 0 Å². The summed E-state index contributed by atoms with van der Waals surface area (Å²) in [5, 5.41) is 3.16. The molecule has 1 N–H and O–H groups in total. The molecule has 0 radical (unpaired) electrons. The van der Waals surface area contributed by atoms with Crippen molar-refractivity contribution >= 4 is 18.1 Å². The molecular formula is C31H37N3O4. The lowest BCUT2D eigenvalue weighted by Crippen LogP contribution is -2.49. The predicted molar refractivity (Wildman–Crippen MR) is 150 cm³/mol. The number of carbonyl (C=O) groups is 2. The quantitative estimate of drug-likeness (QED) is 0.414. The van der Waals surface area contributed by atoms with Crippen molar-refractivity contribution < 1.29 is 19.1 Å². The summed E-state index contributed by atoms with van der Waals surface area (Å²) in [6.45, 7) is 7.99. The van der Waals surface area contributed by atoms with E-state index >= 15 is 0 Å². The Morgan fingerprint density at radius 1 is 1.11 bits per heavy atom. The fourth-order valence-corrected chi connectivity index (χ4v) is 4.63. The summed E-state index contributed by atoms with van der Waals surface area (Å²) in [6, 6.07) is 18.4. The van der Waals surface area contributed by atoms with Crippen molar-refractivity contribution in [1.82, 2.24) is 9.88 Å². The highest BCUT2D eigenvalue weighted by Gasteiger charge is 2.43. The van der Waals surface area contributed by atoms with Crippen LogP contribution in [0.1, 0.15) is 49.5 Å². The normalized spacial score (nSPS) is 15.5. The van der Waals surface area contributed by atoms with Gasteiger partial charge < -0.3 is 19.7 Å². The van der Waals surface area contributed by atoms with E-state index in [-0.39, 0.29) is 17.1 Å². The molecule has 3 aromatic rings. The van der Waals surface area contributed by atoms with E-state index in [4.69, 9.17) is 9.47 Å². The number of ether oxygens (including phenoxy) is 2. The third-order valence-corrected chi connectivity index (χ3v) is 6.79. The predicted octanol–water partition coefficient (Wildman–Crippen LogP) is 6.24. The Morgan fingerprint density at radius 3 is 2.39 bits per heavy atom. The molecular weight excluding hydrogens is 478 g/mol. The fourth-order valence-electron chi connectivity index (χ4n) is 4.63. The van der Waals surface area contributed by atoms with Crippen LogP contribution in [0.5, 0.6) is 5.75 Å². The largest absolute Gasteiger partial charge is 0.487 e. The number of pyridine rings is 1. The summed E-state index contributed by atoms with van der Waals surface area (Å²) in [5.41, 5.74) is 5.18. The zero-order valence-corrected chi connectivity index (χ0v) is 22.7. The van der Waals surface area contributed by atoms with Gasteiger partial charge in [0.05, 0.1) is 6.61 Å². The van der Waals surface area contributed by atoms with Crippen molar-refractivity contribution in [2.75, 3.05) is 32.1 Å². The number of aldehydes is 1. The number of carbonyl (C=O) groups excluding carboxylic acids is 2. The summed E-state index contributed by atoms with van der Waals surface area (Å²) >= 11 is 0. The maximum atomic E-state index is 12.4. The number of aromatic nitrogens is 1. The minimum absolute atomic E-state index is 0.0199. The molecule has 38 heavy (non-hydrogen) atoms. The number of nitrogens with one attached hydrogen (secondary N) is 1. The number of benzene rings is 2. The molecule has 1 fully saturated rings. The highest BCUT2D eigenvalue weighted by Crippen LogP contribution is 2.42. The zero-order chi connectivity index (χ0) is 27.2. The first kappa shape index (κ1) is 27.2. The van der Waals surface area contributed by atoms with Crippen LogP contribution in [0.4, 0.5) is 10.5 Å². The van der Waals surface area contributed by atoms with Crippen LogP contribution in [0.15, 0.2) is 67.0 Å². The number of rotatable bonds is 4. The third-order valence-electron chi connectivity index (χ3n) is 6.79. The average Bonchev–Trinajstić information content (AvgIpc) is 3.29. The maximum Gasteiger partial charge on any atom is 0.409 e. The van der Waals surface area contributed by atoms with Gasteiger partial charge in [-0.3, -0.25) is 9.78 Å². The minimum atomic E-state index is -0.206. The summed E-state index contributed by atoms with van der Waals surface area (Å²) < 4.78 is 11.9. The average molecular weight is 516 g/mol. The van der Waals surface area contributed by atoms with Gasteiger partial charge in [0.2, 0.25) is 0 Å². The van der Waals surface area contributed by atoms with E-state index in [1.165, 1.54) is 22.9 Å². The Labute approximate surface area is 225 Å². The van der Waals surface area contributed by atoms with Crippen molar-refractivity contribution in [3.8, 4) is 16.9 Å². The first-order chi connectivity index (χ1) is 18.2. The summed E-state index contributed by atoms with van der Waals surface area (Å²) in [5.74, 6) is 0.981. The van der Waals surface area contributed by atoms with Crippen LogP contribution in [-0.4, -0.2) is 54.6 Å². The van der Waals surface area contributed by atoms with Gasteiger partial charge in [-0.15, -0.1) is 0 Å². The Morgan fingerprint density at radius 2 is 1.82 bits per heavy atom. The van der Waals surface area contributed by atoms with E-state index in [0.717, 1.165) is 37.0 Å². The monoisotopic (exact) mass is 515 g/mol. The van der Waals surface area contributed by atoms with Crippen molar-refractivity contribution in [1.29, 1.82) is 0 Å². The Bertz CT molecular complexity index is 1230. The molecule has 0 saturated carbocycles. The zero-order valence-electron chi connectivity index (χ0n) is 22.7. The van der Waals surface area contributed by atoms with E-state index in [1.807, 2.05) is 11.9 Å². The van der Waals surface area contributed by atoms with Gasteiger partial charge in [0.15, 0.2) is 6.29 Å². The molecule has 3 heterocycles. The SMILES string of the molecule is CNc1ccc(-c2ccc3c(c2)CC2(CCN(C(=O)OCC(C)(C)C)CC2)O3)cc1.O=Cc1cccnc1. The van der Waals surface area contributed by atoms with Gasteiger partial charge in [-0.2, -0.15) is 0 Å². The van der Waals surface area contributed by atoms with Crippen LogP contribution in [0.3, 0.4) is 0 Å². The molecule has 1 saturated heterocycles. The summed E-state index contributed by atoms with van der Waals surface area (Å²) in [7, 11) is 1.93. The van der Waals surface area contributed by atoms with Gasteiger partial charge in [-0.1, -0.05) is 39.0 Å². The standard InChI is InChI=1S/C25H32N2O3.C6H5NO/c1-24(2,3)17-29-23(28)27-13-11-25(12-14-27)16-20-15-19(7-10-22(20)30-25)18-5-8-21(26-4)9-6-18;8-5-6-2-1-3-7-4-6/h5-10,15,26H,11-14,16-17H2,1-4H3;1-5H. The Hall–Kier alpha value is -3.87. The lowest BCUT2D eigenvalue weighted by atomic mass is 9.86. The number of hydrogen-bond acceptors (Lipinski definition) is 6. The molecule has 200 valence electrons. The van der Waals surface area contributed by atoms with E-state index in [0.29, 0.717) is 25.3 Å². The van der Waals surface area contributed by atoms with Crippen molar-refractivity contribution in [2.45, 2.75) is 45.6 Å². The molecule has 1 spiro atoms. The lowest BCUT2D eigenvalue weighted by Gasteiger charge is -2.38. The second-order valence-electron chi connectivity index (χ2n) is 11.1. The number of amides is 1. The maximum absolute atomic E-state index is 12.4. The van der Waals surface area contributed by atoms with E-state index in [2.05, 4.69) is 73.5 Å². The van der Waals surface area contributed by atoms with Gasteiger partial charge in [0, 0.05) is 63.0 Å². The summed E-state index contributed by atoms with van der Waals surface area (Å²) in [6.07, 6.45) is 6.28. The van der Waals surface area contributed by atoms with Gasteiger partial charge in [0.1, 0.15) is 11.4 Å². The molecule has 1 aromatic heterocycles. The smallest absolute Gasteiger partial charge is 0.409 e. The highest BCUT2D eigenvalue weighted by atomic mass is 16.6. The molecule has 2 aliphatic heterocycles. The van der Waals surface area contributed by atoms with Gasteiger partial charge in [-0.05, 0) is 58.5 Å². The second-order valence-corrected chi connectivity index (χ2v) is 11.1. The van der Waals surface area contributed by atoms with E-state index in [9.17, 15) is 9.59 Å². The number of nitrogens with zero attached hydrogens (tertiary/aromatic N) is 2. The first-order valence-corrected chi connectivity index (χ1v) is 13.1. The van der Waals surface area contributed by atoms with E-state index in [1.54, 1.807) is 18.3 Å². The first-order valence-electron chi connectivity index (χ1n) is 13.1. The Kier molecular flexibility index (Phi) is 8.35. The number of fused-ring (bicyclic) bond motifs is 1. The molecule has 2 aliphatic rings. The Balaban J connectivity index is 0.000000360. The van der Waals surface area contributed by atoms with Crippen LogP contribution in [0, 0.1) is 5.41 Å². The third kappa shape index (κ3) is 6.91. The topological polar surface area (TPSA) is 80.8 Å². The van der Waals surface area contributed by atoms with Crippen molar-refractivity contribution in [3.63, 3.8) is 0 Å². The highest BCUT2D eigenvalue weighted by molar-refractivity contribution is 5.73. The van der Waals surface area contributed by atoms with Crippen LogP contribution >= 0.6 is 0 Å². The number of likely N-dealkylation sites (tertiary alicyclic amines) is 1. The molecule has 1 amide bonds. The van der Waals surface area contributed by atoms with Crippen LogP contribution < -0.4 is 10.1 Å². The van der Waals surface area contributed by atoms with Crippen molar-refractivity contribution in [3.05, 3.63) is 78.1 Å². The molecule has 5 rings (SSSR count). The summed E-state index contributed by atoms with van der Waals surface area (Å²) in [4.78, 5) is 27.9. The molecule has 0 unspecified atom stereocenters. The van der Waals surface area contributed by atoms with E-state index < -0.39 is 0 Å². The van der Waals surface area contributed by atoms with Crippen molar-refractivity contribution in [2.24, 2.45) is 5.41 Å². The van der Waals surface area contributed by atoms with Crippen LogP contribution in [0.25, 0.3) is 11.1 Å². The molecule has 0 aliphatic carbocycles. The molecule has 7 nitrogen and oxygen atoms in total. The number of piperidine rings is 1. The molecule has 7 heteroatoms. The lowest BCUT2D eigenvalue weighted by molar-refractivity contribution is 0.00956. The molecule has 0 bridgehead atoms.